The largest absolute Gasteiger partial charge is 0.379 e. The Labute approximate surface area is 136 Å². The standard InChI is InChI=1S/C20H31NO/c1-8-17-9-11-18(12-10-17)15-21-20(6,7)19(4,5)13-14-22-16(2)3/h1,9-12,16,21H,13-15H2,2-7H3. The molecule has 0 saturated heterocycles. The summed E-state index contributed by atoms with van der Waals surface area (Å²) in [4.78, 5) is 0. The Morgan fingerprint density at radius 3 is 2.23 bits per heavy atom. The molecule has 0 unspecified atom stereocenters. The minimum Gasteiger partial charge on any atom is -0.379 e. The third-order valence-corrected chi connectivity index (χ3v) is 4.73. The van der Waals surface area contributed by atoms with Crippen LogP contribution in [0.1, 0.15) is 59.1 Å². The minimum atomic E-state index is 0.0120. The minimum absolute atomic E-state index is 0.0120. The molecule has 0 fully saturated rings. The van der Waals surface area contributed by atoms with Crippen molar-refractivity contribution in [3.8, 4) is 12.3 Å². The molecule has 122 valence electrons. The summed E-state index contributed by atoms with van der Waals surface area (Å²) in [6.45, 7) is 14.9. The van der Waals surface area contributed by atoms with E-state index in [0.29, 0.717) is 6.10 Å². The van der Waals surface area contributed by atoms with E-state index in [1.165, 1.54) is 5.56 Å². The zero-order valence-corrected chi connectivity index (χ0v) is 15.0. The van der Waals surface area contributed by atoms with Gasteiger partial charge in [-0.2, -0.15) is 0 Å². The van der Waals surface area contributed by atoms with Crippen LogP contribution in [0.5, 0.6) is 0 Å². The second kappa shape index (κ2) is 7.81. The Morgan fingerprint density at radius 1 is 1.14 bits per heavy atom. The predicted octanol–water partition coefficient (Wildman–Crippen LogP) is 4.38. The van der Waals surface area contributed by atoms with E-state index in [1.807, 2.05) is 12.1 Å². The Hall–Kier alpha value is -1.30. The molecule has 0 saturated carbocycles. The maximum Gasteiger partial charge on any atom is 0.0518 e. The van der Waals surface area contributed by atoms with Gasteiger partial charge in [-0.1, -0.05) is 31.9 Å². The van der Waals surface area contributed by atoms with Crippen LogP contribution in [-0.4, -0.2) is 18.2 Å². The van der Waals surface area contributed by atoms with Gasteiger partial charge >= 0.3 is 0 Å². The van der Waals surface area contributed by atoms with E-state index in [-0.39, 0.29) is 11.0 Å². The van der Waals surface area contributed by atoms with Crippen molar-refractivity contribution in [2.75, 3.05) is 6.61 Å². The molecule has 0 aromatic heterocycles. The lowest BCUT2D eigenvalue weighted by Gasteiger charge is -2.43. The van der Waals surface area contributed by atoms with Crippen LogP contribution in [0, 0.1) is 17.8 Å². The molecule has 0 atom stereocenters. The summed E-state index contributed by atoms with van der Waals surface area (Å²) in [5.74, 6) is 2.65. The smallest absolute Gasteiger partial charge is 0.0518 e. The number of nitrogens with one attached hydrogen (secondary N) is 1. The number of hydrogen-bond acceptors (Lipinski definition) is 2. The van der Waals surface area contributed by atoms with Gasteiger partial charge in [0.15, 0.2) is 0 Å². The van der Waals surface area contributed by atoms with E-state index < -0.39 is 0 Å². The fourth-order valence-corrected chi connectivity index (χ4v) is 2.14. The highest BCUT2D eigenvalue weighted by Gasteiger charge is 2.36. The monoisotopic (exact) mass is 301 g/mol. The molecular formula is C20H31NO. The molecule has 2 heteroatoms. The number of hydrogen-bond donors (Lipinski definition) is 1. The van der Waals surface area contributed by atoms with E-state index in [0.717, 1.165) is 25.1 Å². The Balaban J connectivity index is 2.58. The topological polar surface area (TPSA) is 21.3 Å². The van der Waals surface area contributed by atoms with Gasteiger partial charge in [0.2, 0.25) is 0 Å². The predicted molar refractivity (Wildman–Crippen MR) is 94.8 cm³/mol. The Bertz CT molecular complexity index is 491. The van der Waals surface area contributed by atoms with E-state index in [9.17, 15) is 0 Å². The highest BCUT2D eigenvalue weighted by molar-refractivity contribution is 5.34. The van der Waals surface area contributed by atoms with Crippen LogP contribution in [0.15, 0.2) is 24.3 Å². The lowest BCUT2D eigenvalue weighted by molar-refractivity contribution is 0.0342. The molecule has 1 aromatic rings. The molecular weight excluding hydrogens is 270 g/mol. The van der Waals surface area contributed by atoms with Crippen LogP contribution < -0.4 is 5.32 Å². The molecule has 0 amide bonds. The van der Waals surface area contributed by atoms with Crippen molar-refractivity contribution in [1.82, 2.24) is 5.32 Å². The van der Waals surface area contributed by atoms with Crippen molar-refractivity contribution in [3.63, 3.8) is 0 Å². The SMILES string of the molecule is C#Cc1ccc(CNC(C)(C)C(C)(C)CCOC(C)C)cc1. The average Bonchev–Trinajstić information content (AvgIpc) is 2.45. The number of benzene rings is 1. The van der Waals surface area contributed by atoms with Gasteiger partial charge < -0.3 is 10.1 Å². The third-order valence-electron chi connectivity index (χ3n) is 4.73. The van der Waals surface area contributed by atoms with Crippen LogP contribution >= 0.6 is 0 Å². The van der Waals surface area contributed by atoms with Crippen molar-refractivity contribution in [2.45, 2.75) is 66.2 Å². The summed E-state index contributed by atoms with van der Waals surface area (Å²) in [5, 5.41) is 3.68. The Morgan fingerprint density at radius 2 is 1.73 bits per heavy atom. The molecule has 1 aromatic carbocycles. The van der Waals surface area contributed by atoms with E-state index in [1.54, 1.807) is 0 Å². The summed E-state index contributed by atoms with van der Waals surface area (Å²) < 4.78 is 5.71. The van der Waals surface area contributed by atoms with Gasteiger partial charge in [-0.05, 0) is 57.2 Å². The molecule has 0 aliphatic rings. The lowest BCUT2D eigenvalue weighted by atomic mass is 9.72. The third kappa shape index (κ3) is 5.48. The summed E-state index contributed by atoms with van der Waals surface area (Å²) in [6.07, 6.45) is 6.71. The van der Waals surface area contributed by atoms with Gasteiger partial charge in [0.1, 0.15) is 0 Å². The normalized spacial score (nSPS) is 12.5. The summed E-state index contributed by atoms with van der Waals surface area (Å²) in [6, 6.07) is 8.16. The number of terminal acetylenes is 1. The fourth-order valence-electron chi connectivity index (χ4n) is 2.14. The molecule has 1 N–H and O–H groups in total. The van der Waals surface area contributed by atoms with Crippen molar-refractivity contribution in [3.05, 3.63) is 35.4 Å². The van der Waals surface area contributed by atoms with Crippen LogP contribution in [0.3, 0.4) is 0 Å². The van der Waals surface area contributed by atoms with Crippen molar-refractivity contribution < 1.29 is 4.74 Å². The Kier molecular flexibility index (Phi) is 6.66. The molecule has 0 aliphatic heterocycles. The molecule has 0 bridgehead atoms. The van der Waals surface area contributed by atoms with Gasteiger partial charge in [0, 0.05) is 24.3 Å². The van der Waals surface area contributed by atoms with Crippen molar-refractivity contribution in [1.29, 1.82) is 0 Å². The molecule has 0 aliphatic carbocycles. The molecule has 1 rings (SSSR count). The van der Waals surface area contributed by atoms with Gasteiger partial charge in [-0.25, -0.2) is 0 Å². The van der Waals surface area contributed by atoms with Crippen LogP contribution in [-0.2, 0) is 11.3 Å². The molecule has 0 spiro atoms. The van der Waals surface area contributed by atoms with Gasteiger partial charge in [0.05, 0.1) is 6.10 Å². The first-order valence-corrected chi connectivity index (χ1v) is 8.10. The molecule has 2 nitrogen and oxygen atoms in total. The fraction of sp³-hybridized carbons (Fsp3) is 0.600. The second-order valence-electron chi connectivity index (χ2n) is 7.37. The van der Waals surface area contributed by atoms with E-state index in [4.69, 9.17) is 11.2 Å². The first kappa shape index (κ1) is 18.7. The maximum atomic E-state index is 5.71. The summed E-state index contributed by atoms with van der Waals surface area (Å²) >= 11 is 0. The number of rotatable bonds is 8. The summed E-state index contributed by atoms with van der Waals surface area (Å²) in [7, 11) is 0. The van der Waals surface area contributed by atoms with Gasteiger partial charge in [0.25, 0.3) is 0 Å². The molecule has 22 heavy (non-hydrogen) atoms. The van der Waals surface area contributed by atoms with Crippen LogP contribution in [0.2, 0.25) is 0 Å². The first-order chi connectivity index (χ1) is 10.2. The van der Waals surface area contributed by atoms with Crippen molar-refractivity contribution in [2.24, 2.45) is 5.41 Å². The summed E-state index contributed by atoms with van der Waals surface area (Å²) in [5.41, 5.74) is 2.33. The van der Waals surface area contributed by atoms with E-state index >= 15 is 0 Å². The van der Waals surface area contributed by atoms with Crippen LogP contribution in [0.25, 0.3) is 0 Å². The highest BCUT2D eigenvalue weighted by Crippen LogP contribution is 2.34. The lowest BCUT2D eigenvalue weighted by Crippen LogP contribution is -2.51. The van der Waals surface area contributed by atoms with E-state index in [2.05, 4.69) is 64.9 Å². The van der Waals surface area contributed by atoms with Gasteiger partial charge in [-0.3, -0.25) is 0 Å². The van der Waals surface area contributed by atoms with Crippen molar-refractivity contribution >= 4 is 0 Å². The number of ether oxygens (including phenoxy) is 1. The quantitative estimate of drug-likeness (QED) is 0.720. The average molecular weight is 301 g/mol. The molecule has 0 radical (unpaired) electrons. The second-order valence-corrected chi connectivity index (χ2v) is 7.37. The van der Waals surface area contributed by atoms with Gasteiger partial charge in [-0.15, -0.1) is 6.42 Å². The highest BCUT2D eigenvalue weighted by atomic mass is 16.5. The zero-order valence-electron chi connectivity index (χ0n) is 15.0. The first-order valence-electron chi connectivity index (χ1n) is 8.10. The maximum absolute atomic E-state index is 5.71. The molecule has 0 heterocycles. The zero-order chi connectivity index (χ0) is 16.8. The van der Waals surface area contributed by atoms with Crippen LogP contribution in [0.4, 0.5) is 0 Å².